The molecule has 2 aliphatic rings. The summed E-state index contributed by atoms with van der Waals surface area (Å²) in [5, 5.41) is 0. The van der Waals surface area contributed by atoms with Crippen molar-refractivity contribution < 1.29 is 13.9 Å². The molecule has 1 aromatic heterocycles. The van der Waals surface area contributed by atoms with Gasteiger partial charge in [0.2, 0.25) is 5.91 Å². The number of amides is 1. The molecule has 6 nitrogen and oxygen atoms in total. The van der Waals surface area contributed by atoms with Crippen LogP contribution in [0.5, 0.6) is 5.75 Å². The third-order valence-electron chi connectivity index (χ3n) is 6.06. The molecular weight excluding hydrogens is 366 g/mol. The molecule has 2 aliphatic heterocycles. The second-order valence-electron chi connectivity index (χ2n) is 8.17. The van der Waals surface area contributed by atoms with Gasteiger partial charge < -0.3 is 14.1 Å². The Hall–Kier alpha value is -2.34. The van der Waals surface area contributed by atoms with E-state index >= 15 is 0 Å². The van der Waals surface area contributed by atoms with E-state index in [0.29, 0.717) is 19.5 Å². The second kappa shape index (κ2) is 9.44. The first kappa shape index (κ1) is 20.0. The van der Waals surface area contributed by atoms with Crippen LogP contribution < -0.4 is 4.74 Å². The standard InChI is InChI=1S/C23H31N3O3/c1-28-21-10-4-3-8-18(21)14-20-15-24-23(29-20)19-9-7-13-26(16-19)22(27)17-25-11-5-2-6-12-25/h3-4,8,10,15,19H,2,5-7,9,11-14,16-17H2,1H3/t19-/m0/s1. The Morgan fingerprint density at radius 3 is 2.83 bits per heavy atom. The molecule has 4 rings (SSSR count). The molecule has 0 aliphatic carbocycles. The van der Waals surface area contributed by atoms with Crippen LogP contribution in [0.4, 0.5) is 0 Å². The molecule has 0 bridgehead atoms. The van der Waals surface area contributed by atoms with E-state index in [4.69, 9.17) is 9.15 Å². The van der Waals surface area contributed by atoms with Gasteiger partial charge in [-0.15, -0.1) is 0 Å². The van der Waals surface area contributed by atoms with Crippen LogP contribution in [0.25, 0.3) is 0 Å². The largest absolute Gasteiger partial charge is 0.496 e. The molecule has 1 amide bonds. The van der Waals surface area contributed by atoms with Crippen LogP contribution >= 0.6 is 0 Å². The minimum atomic E-state index is 0.181. The van der Waals surface area contributed by atoms with E-state index < -0.39 is 0 Å². The van der Waals surface area contributed by atoms with Gasteiger partial charge in [-0.05, 0) is 44.8 Å². The van der Waals surface area contributed by atoms with Crippen molar-refractivity contribution in [2.75, 3.05) is 39.8 Å². The molecule has 6 heteroatoms. The number of ether oxygens (including phenoxy) is 1. The highest BCUT2D eigenvalue weighted by atomic mass is 16.5. The molecule has 0 saturated carbocycles. The Bertz CT molecular complexity index is 813. The Kier molecular flexibility index (Phi) is 6.49. The first-order chi connectivity index (χ1) is 14.2. The highest BCUT2D eigenvalue weighted by molar-refractivity contribution is 5.78. The summed E-state index contributed by atoms with van der Waals surface area (Å²) in [5.74, 6) is 2.88. The molecule has 0 radical (unpaired) electrons. The van der Waals surface area contributed by atoms with Gasteiger partial charge in [0.25, 0.3) is 0 Å². The fourth-order valence-corrected chi connectivity index (χ4v) is 4.44. The summed E-state index contributed by atoms with van der Waals surface area (Å²) in [5.41, 5.74) is 1.08. The highest BCUT2D eigenvalue weighted by Gasteiger charge is 2.29. The quantitative estimate of drug-likeness (QED) is 0.747. The molecule has 3 heterocycles. The molecule has 2 fully saturated rings. The molecule has 29 heavy (non-hydrogen) atoms. The lowest BCUT2D eigenvalue weighted by molar-refractivity contribution is -0.134. The average Bonchev–Trinajstić information content (AvgIpc) is 3.23. The van der Waals surface area contributed by atoms with Crippen molar-refractivity contribution in [1.29, 1.82) is 0 Å². The van der Waals surface area contributed by atoms with E-state index in [0.717, 1.165) is 55.4 Å². The molecule has 0 spiro atoms. The van der Waals surface area contributed by atoms with E-state index in [-0.39, 0.29) is 11.8 Å². The number of carbonyl (C=O) groups excluding carboxylic acids is 1. The SMILES string of the molecule is COc1ccccc1Cc1cnc([C@H]2CCCN(C(=O)CN3CCCCC3)C2)o1. The van der Waals surface area contributed by atoms with Crippen LogP contribution in [0.2, 0.25) is 0 Å². The lowest BCUT2D eigenvalue weighted by Gasteiger charge is -2.34. The van der Waals surface area contributed by atoms with Crippen molar-refractivity contribution in [3.63, 3.8) is 0 Å². The van der Waals surface area contributed by atoms with E-state index in [9.17, 15) is 4.79 Å². The van der Waals surface area contributed by atoms with Crippen LogP contribution in [-0.2, 0) is 11.2 Å². The molecule has 156 valence electrons. The predicted molar refractivity (Wildman–Crippen MR) is 111 cm³/mol. The number of nitrogens with zero attached hydrogens (tertiary/aromatic N) is 3. The number of para-hydroxylation sites is 1. The first-order valence-corrected chi connectivity index (χ1v) is 10.8. The van der Waals surface area contributed by atoms with Gasteiger partial charge in [-0.25, -0.2) is 4.98 Å². The molecule has 1 aromatic carbocycles. The van der Waals surface area contributed by atoms with Crippen LogP contribution in [-0.4, -0.2) is 60.5 Å². The average molecular weight is 398 g/mol. The number of aromatic nitrogens is 1. The fourth-order valence-electron chi connectivity index (χ4n) is 4.44. The van der Waals surface area contributed by atoms with Crippen molar-refractivity contribution in [2.24, 2.45) is 0 Å². The van der Waals surface area contributed by atoms with Crippen molar-refractivity contribution >= 4 is 5.91 Å². The zero-order chi connectivity index (χ0) is 20.1. The van der Waals surface area contributed by atoms with Crippen LogP contribution in [0.3, 0.4) is 0 Å². The van der Waals surface area contributed by atoms with Gasteiger partial charge >= 0.3 is 0 Å². The number of benzene rings is 1. The van der Waals surface area contributed by atoms with Gasteiger partial charge in [0.1, 0.15) is 11.5 Å². The number of oxazole rings is 1. The molecule has 0 unspecified atom stereocenters. The van der Waals surface area contributed by atoms with Gasteiger partial charge in [0.05, 0.1) is 25.8 Å². The summed E-state index contributed by atoms with van der Waals surface area (Å²) in [6.07, 6.45) is 8.20. The Balaban J connectivity index is 1.36. The third-order valence-corrected chi connectivity index (χ3v) is 6.06. The summed E-state index contributed by atoms with van der Waals surface area (Å²) in [7, 11) is 1.68. The Morgan fingerprint density at radius 2 is 2.00 bits per heavy atom. The molecule has 2 saturated heterocycles. The maximum absolute atomic E-state index is 12.8. The van der Waals surface area contributed by atoms with Gasteiger partial charge in [-0.3, -0.25) is 9.69 Å². The lowest BCUT2D eigenvalue weighted by atomic mass is 9.98. The summed E-state index contributed by atoms with van der Waals surface area (Å²) >= 11 is 0. The van der Waals surface area contributed by atoms with Crippen molar-refractivity contribution in [2.45, 2.75) is 44.4 Å². The summed E-state index contributed by atoms with van der Waals surface area (Å²) in [6.45, 7) is 4.21. The number of methoxy groups -OCH3 is 1. The van der Waals surface area contributed by atoms with Crippen LogP contribution in [0.15, 0.2) is 34.9 Å². The molecule has 2 aromatic rings. The van der Waals surface area contributed by atoms with Crippen LogP contribution in [0.1, 0.15) is 55.2 Å². The minimum absolute atomic E-state index is 0.181. The van der Waals surface area contributed by atoms with Gasteiger partial charge in [0, 0.05) is 25.1 Å². The molecular formula is C23H31N3O3. The maximum Gasteiger partial charge on any atom is 0.236 e. The van der Waals surface area contributed by atoms with Crippen LogP contribution in [0, 0.1) is 0 Å². The fraction of sp³-hybridized carbons (Fsp3) is 0.565. The van der Waals surface area contributed by atoms with Crippen molar-refractivity contribution in [3.8, 4) is 5.75 Å². The molecule has 0 N–H and O–H groups in total. The van der Waals surface area contributed by atoms with E-state index in [2.05, 4.69) is 9.88 Å². The molecule has 1 atom stereocenters. The van der Waals surface area contributed by atoms with Gasteiger partial charge in [-0.1, -0.05) is 24.6 Å². The van der Waals surface area contributed by atoms with E-state index in [1.807, 2.05) is 35.4 Å². The lowest BCUT2D eigenvalue weighted by Crippen LogP contribution is -2.45. The number of hydrogen-bond donors (Lipinski definition) is 0. The number of hydrogen-bond acceptors (Lipinski definition) is 5. The summed E-state index contributed by atoms with van der Waals surface area (Å²) < 4.78 is 11.5. The second-order valence-corrected chi connectivity index (χ2v) is 8.17. The summed E-state index contributed by atoms with van der Waals surface area (Å²) in [6, 6.07) is 7.97. The number of carbonyl (C=O) groups is 1. The normalized spacial score (nSPS) is 20.6. The van der Waals surface area contributed by atoms with Crippen molar-refractivity contribution in [1.82, 2.24) is 14.8 Å². The zero-order valence-electron chi connectivity index (χ0n) is 17.3. The first-order valence-electron chi connectivity index (χ1n) is 10.8. The topological polar surface area (TPSA) is 58.8 Å². The van der Waals surface area contributed by atoms with E-state index in [1.54, 1.807) is 7.11 Å². The Labute approximate surface area is 172 Å². The smallest absolute Gasteiger partial charge is 0.236 e. The van der Waals surface area contributed by atoms with Gasteiger partial charge in [-0.2, -0.15) is 0 Å². The Morgan fingerprint density at radius 1 is 1.17 bits per heavy atom. The number of rotatable bonds is 6. The predicted octanol–water partition coefficient (Wildman–Crippen LogP) is 3.47. The van der Waals surface area contributed by atoms with Gasteiger partial charge in [0.15, 0.2) is 5.89 Å². The van der Waals surface area contributed by atoms with Crippen molar-refractivity contribution in [3.05, 3.63) is 47.7 Å². The maximum atomic E-state index is 12.8. The zero-order valence-corrected chi connectivity index (χ0v) is 17.3. The number of piperidine rings is 2. The minimum Gasteiger partial charge on any atom is -0.496 e. The number of likely N-dealkylation sites (tertiary alicyclic amines) is 2. The third kappa shape index (κ3) is 4.99. The highest BCUT2D eigenvalue weighted by Crippen LogP contribution is 2.28. The monoisotopic (exact) mass is 397 g/mol. The van der Waals surface area contributed by atoms with E-state index in [1.165, 1.54) is 19.3 Å². The summed E-state index contributed by atoms with van der Waals surface area (Å²) in [4.78, 5) is 21.6.